The van der Waals surface area contributed by atoms with Crippen LogP contribution in [-0.2, 0) is 13.1 Å². The number of likely N-dealkylation sites (tertiary alicyclic amines) is 1. The summed E-state index contributed by atoms with van der Waals surface area (Å²) in [6, 6.07) is 6.56. The lowest BCUT2D eigenvalue weighted by Gasteiger charge is -2.18. The van der Waals surface area contributed by atoms with Crippen LogP contribution in [0.1, 0.15) is 37.3 Å². The van der Waals surface area contributed by atoms with E-state index in [1.807, 2.05) is 0 Å². The quantitative estimate of drug-likeness (QED) is 0.765. The molecule has 1 aliphatic rings. The third kappa shape index (κ3) is 4.22. The van der Waals surface area contributed by atoms with Gasteiger partial charge in [-0.3, -0.25) is 4.90 Å². The third-order valence-corrected chi connectivity index (χ3v) is 3.69. The normalized spacial score (nSPS) is 15.9. The maximum absolute atomic E-state index is 5.49. The van der Waals surface area contributed by atoms with Crippen LogP contribution in [0.2, 0.25) is 0 Å². The Bertz CT molecular complexity index is 386. The lowest BCUT2D eigenvalue weighted by atomic mass is 10.1. The van der Waals surface area contributed by atoms with Gasteiger partial charge in [0.1, 0.15) is 5.75 Å². The van der Waals surface area contributed by atoms with Crippen molar-refractivity contribution in [2.75, 3.05) is 26.7 Å². The SMILES string of the molecule is CCCNCc1ccc(OC)c(CN2CCCC2)c1. The minimum Gasteiger partial charge on any atom is -0.496 e. The van der Waals surface area contributed by atoms with Gasteiger partial charge in [-0.05, 0) is 56.6 Å². The van der Waals surface area contributed by atoms with Crippen molar-refractivity contribution in [1.29, 1.82) is 0 Å². The molecule has 0 bridgehead atoms. The van der Waals surface area contributed by atoms with E-state index in [4.69, 9.17) is 4.74 Å². The Morgan fingerprint density at radius 2 is 2.05 bits per heavy atom. The first-order valence-corrected chi connectivity index (χ1v) is 7.42. The summed E-state index contributed by atoms with van der Waals surface area (Å²) in [4.78, 5) is 2.51. The highest BCUT2D eigenvalue weighted by atomic mass is 16.5. The van der Waals surface area contributed by atoms with Gasteiger partial charge in [0, 0.05) is 18.7 Å². The van der Waals surface area contributed by atoms with Crippen LogP contribution in [0.4, 0.5) is 0 Å². The molecule has 0 amide bonds. The molecule has 0 spiro atoms. The van der Waals surface area contributed by atoms with Gasteiger partial charge >= 0.3 is 0 Å². The van der Waals surface area contributed by atoms with Gasteiger partial charge in [-0.2, -0.15) is 0 Å². The zero-order valence-electron chi connectivity index (χ0n) is 12.2. The van der Waals surface area contributed by atoms with Gasteiger partial charge in [0.2, 0.25) is 0 Å². The van der Waals surface area contributed by atoms with E-state index in [0.717, 1.165) is 25.4 Å². The molecule has 3 nitrogen and oxygen atoms in total. The van der Waals surface area contributed by atoms with Gasteiger partial charge in [-0.25, -0.2) is 0 Å². The van der Waals surface area contributed by atoms with Crippen molar-refractivity contribution >= 4 is 0 Å². The van der Waals surface area contributed by atoms with Crippen LogP contribution >= 0.6 is 0 Å². The molecule has 0 unspecified atom stereocenters. The Balaban J connectivity index is 2.02. The molecule has 1 fully saturated rings. The van der Waals surface area contributed by atoms with E-state index in [2.05, 4.69) is 35.3 Å². The predicted octanol–water partition coefficient (Wildman–Crippen LogP) is 2.79. The average molecular weight is 262 g/mol. The largest absolute Gasteiger partial charge is 0.496 e. The van der Waals surface area contributed by atoms with Crippen molar-refractivity contribution in [2.24, 2.45) is 0 Å². The molecule has 3 heteroatoms. The van der Waals surface area contributed by atoms with E-state index in [-0.39, 0.29) is 0 Å². The summed E-state index contributed by atoms with van der Waals surface area (Å²) < 4.78 is 5.49. The predicted molar refractivity (Wildman–Crippen MR) is 79.5 cm³/mol. The van der Waals surface area contributed by atoms with E-state index in [1.165, 1.54) is 43.5 Å². The monoisotopic (exact) mass is 262 g/mol. The van der Waals surface area contributed by atoms with E-state index in [9.17, 15) is 0 Å². The number of hydrogen-bond acceptors (Lipinski definition) is 3. The van der Waals surface area contributed by atoms with Crippen LogP contribution in [0.25, 0.3) is 0 Å². The zero-order chi connectivity index (χ0) is 13.5. The Morgan fingerprint density at radius 3 is 2.74 bits per heavy atom. The summed E-state index contributed by atoms with van der Waals surface area (Å²) in [5.41, 5.74) is 2.67. The number of hydrogen-bond donors (Lipinski definition) is 1. The van der Waals surface area contributed by atoms with Crippen LogP contribution in [0.15, 0.2) is 18.2 Å². The van der Waals surface area contributed by atoms with Gasteiger partial charge in [0.25, 0.3) is 0 Å². The number of benzene rings is 1. The summed E-state index contributed by atoms with van der Waals surface area (Å²) >= 11 is 0. The summed E-state index contributed by atoms with van der Waals surface area (Å²) in [6.07, 6.45) is 3.84. The van der Waals surface area contributed by atoms with Crippen LogP contribution in [0.3, 0.4) is 0 Å². The summed E-state index contributed by atoms with van der Waals surface area (Å²) in [5, 5.41) is 3.46. The lowest BCUT2D eigenvalue weighted by Crippen LogP contribution is -2.19. The second-order valence-electron chi connectivity index (χ2n) is 5.31. The molecule has 0 saturated carbocycles. The Morgan fingerprint density at radius 1 is 1.26 bits per heavy atom. The molecule has 106 valence electrons. The number of nitrogens with zero attached hydrogens (tertiary/aromatic N) is 1. The van der Waals surface area contributed by atoms with Crippen molar-refractivity contribution < 1.29 is 4.74 Å². The minimum atomic E-state index is 0.949. The lowest BCUT2D eigenvalue weighted by molar-refractivity contribution is 0.320. The Hall–Kier alpha value is -1.06. The number of ether oxygens (including phenoxy) is 1. The maximum atomic E-state index is 5.49. The minimum absolute atomic E-state index is 0.949. The zero-order valence-corrected chi connectivity index (χ0v) is 12.2. The van der Waals surface area contributed by atoms with Gasteiger partial charge in [0.05, 0.1) is 7.11 Å². The molecule has 0 atom stereocenters. The van der Waals surface area contributed by atoms with Crippen molar-refractivity contribution in [1.82, 2.24) is 10.2 Å². The molecule has 1 aliphatic heterocycles. The molecule has 0 radical (unpaired) electrons. The number of nitrogens with one attached hydrogen (secondary N) is 1. The van der Waals surface area contributed by atoms with Gasteiger partial charge in [-0.15, -0.1) is 0 Å². The molecule has 0 aliphatic carbocycles. The highest BCUT2D eigenvalue weighted by Crippen LogP contribution is 2.23. The molecule has 19 heavy (non-hydrogen) atoms. The molecule has 0 aromatic heterocycles. The Labute approximate surface area is 116 Å². The highest BCUT2D eigenvalue weighted by Gasteiger charge is 2.14. The third-order valence-electron chi connectivity index (χ3n) is 3.69. The van der Waals surface area contributed by atoms with Crippen LogP contribution in [0, 0.1) is 0 Å². The van der Waals surface area contributed by atoms with Crippen molar-refractivity contribution in [3.05, 3.63) is 29.3 Å². The molecule has 1 aromatic carbocycles. The van der Waals surface area contributed by atoms with E-state index in [0.29, 0.717) is 0 Å². The first-order valence-electron chi connectivity index (χ1n) is 7.42. The van der Waals surface area contributed by atoms with Gasteiger partial charge in [0.15, 0.2) is 0 Å². The summed E-state index contributed by atoms with van der Waals surface area (Å²) in [7, 11) is 1.76. The molecular formula is C16H26N2O. The molecule has 1 saturated heterocycles. The first-order chi connectivity index (χ1) is 9.33. The fourth-order valence-electron chi connectivity index (χ4n) is 2.66. The Kier molecular flexibility index (Phi) is 5.67. The van der Waals surface area contributed by atoms with Gasteiger partial charge in [-0.1, -0.05) is 13.0 Å². The van der Waals surface area contributed by atoms with Gasteiger partial charge < -0.3 is 10.1 Å². The first kappa shape index (κ1) is 14.4. The summed E-state index contributed by atoms with van der Waals surface area (Å²) in [5.74, 6) is 1.02. The van der Waals surface area contributed by atoms with Crippen molar-refractivity contribution in [3.63, 3.8) is 0 Å². The fourth-order valence-corrected chi connectivity index (χ4v) is 2.66. The van der Waals surface area contributed by atoms with Crippen LogP contribution in [-0.4, -0.2) is 31.6 Å². The molecule has 1 N–H and O–H groups in total. The standard InChI is InChI=1S/C16H26N2O/c1-3-8-17-12-14-6-7-16(19-2)15(11-14)13-18-9-4-5-10-18/h6-7,11,17H,3-5,8-10,12-13H2,1-2H3. The fraction of sp³-hybridized carbons (Fsp3) is 0.625. The van der Waals surface area contributed by atoms with Crippen molar-refractivity contribution in [2.45, 2.75) is 39.3 Å². The second-order valence-corrected chi connectivity index (χ2v) is 5.31. The molecule has 1 heterocycles. The number of rotatable bonds is 7. The molecule has 2 rings (SSSR count). The van der Waals surface area contributed by atoms with Crippen molar-refractivity contribution in [3.8, 4) is 5.75 Å². The maximum Gasteiger partial charge on any atom is 0.123 e. The molecule has 1 aromatic rings. The average Bonchev–Trinajstić information content (AvgIpc) is 2.92. The smallest absolute Gasteiger partial charge is 0.123 e. The van der Waals surface area contributed by atoms with E-state index >= 15 is 0 Å². The van der Waals surface area contributed by atoms with E-state index < -0.39 is 0 Å². The van der Waals surface area contributed by atoms with Crippen LogP contribution < -0.4 is 10.1 Å². The van der Waals surface area contributed by atoms with Crippen LogP contribution in [0.5, 0.6) is 5.75 Å². The number of methoxy groups -OCH3 is 1. The summed E-state index contributed by atoms with van der Waals surface area (Å²) in [6.45, 7) is 7.69. The topological polar surface area (TPSA) is 24.5 Å². The molecular weight excluding hydrogens is 236 g/mol. The van der Waals surface area contributed by atoms with E-state index in [1.54, 1.807) is 7.11 Å². The second kappa shape index (κ2) is 7.51. The highest BCUT2D eigenvalue weighted by molar-refractivity contribution is 5.37.